The van der Waals surface area contributed by atoms with Gasteiger partial charge in [-0.1, -0.05) is 0 Å². The van der Waals surface area contributed by atoms with Crippen LogP contribution in [0.1, 0.15) is 17.5 Å². The van der Waals surface area contributed by atoms with E-state index in [1.807, 2.05) is 12.3 Å². The van der Waals surface area contributed by atoms with Crippen molar-refractivity contribution in [2.45, 2.75) is 13.3 Å². The smallest absolute Gasteiger partial charge is 0.228 e. The fraction of sp³-hybridized carbons (Fsp3) is 0.364. The summed E-state index contributed by atoms with van der Waals surface area (Å²) in [6.07, 6.45) is 0.136. The van der Waals surface area contributed by atoms with Gasteiger partial charge in [-0.05, 0) is 17.9 Å². The van der Waals surface area contributed by atoms with Crippen LogP contribution >= 0.6 is 11.3 Å². The Balaban J connectivity index is 2.33. The van der Waals surface area contributed by atoms with Crippen molar-refractivity contribution in [3.63, 3.8) is 0 Å². The topological polar surface area (TPSA) is 87.2 Å². The molecule has 2 N–H and O–H groups in total. The van der Waals surface area contributed by atoms with Gasteiger partial charge < -0.3 is 10.6 Å². The molecule has 0 saturated carbocycles. The van der Waals surface area contributed by atoms with E-state index in [-0.39, 0.29) is 18.9 Å². The predicted molar refractivity (Wildman–Crippen MR) is 63.4 cm³/mol. The first-order chi connectivity index (χ1) is 8.04. The lowest BCUT2D eigenvalue weighted by atomic mass is 10.1. The van der Waals surface area contributed by atoms with Crippen LogP contribution in [0, 0.1) is 24.2 Å². The molecule has 0 bridgehead atoms. The Kier molecular flexibility index (Phi) is 2.86. The van der Waals surface area contributed by atoms with Gasteiger partial charge in [-0.25, -0.2) is 0 Å². The molecule has 0 aromatic carbocycles. The van der Waals surface area contributed by atoms with Crippen molar-refractivity contribution < 1.29 is 9.59 Å². The molecular weight excluding hydrogens is 238 g/mol. The van der Waals surface area contributed by atoms with Gasteiger partial charge in [-0.2, -0.15) is 5.26 Å². The number of amides is 2. The quantitative estimate of drug-likeness (QED) is 0.839. The van der Waals surface area contributed by atoms with Gasteiger partial charge in [0.05, 0.1) is 11.5 Å². The van der Waals surface area contributed by atoms with E-state index in [0.717, 1.165) is 5.56 Å². The minimum absolute atomic E-state index is 0.136. The summed E-state index contributed by atoms with van der Waals surface area (Å²) in [6, 6.07) is 2.09. The highest BCUT2D eigenvalue weighted by Gasteiger charge is 2.35. The number of rotatable bonds is 2. The van der Waals surface area contributed by atoms with Gasteiger partial charge in [0.25, 0.3) is 0 Å². The number of anilines is 1. The van der Waals surface area contributed by atoms with Crippen LogP contribution in [0.15, 0.2) is 5.38 Å². The standard InChI is InChI=1S/C11H11N3O2S/c1-6-5-17-11(8(6)3-12)14-4-7(10(13)16)2-9(14)15/h5,7H,2,4H2,1H3,(H2,13,16). The maximum absolute atomic E-state index is 11.8. The molecule has 2 rings (SSSR count). The number of hydrogen-bond donors (Lipinski definition) is 1. The van der Waals surface area contributed by atoms with E-state index in [4.69, 9.17) is 11.0 Å². The van der Waals surface area contributed by atoms with Crippen LogP contribution in [0.25, 0.3) is 0 Å². The highest BCUT2D eigenvalue weighted by atomic mass is 32.1. The first kappa shape index (κ1) is 11.6. The van der Waals surface area contributed by atoms with E-state index < -0.39 is 11.8 Å². The van der Waals surface area contributed by atoms with Crippen LogP contribution in [0.5, 0.6) is 0 Å². The van der Waals surface area contributed by atoms with Gasteiger partial charge in [-0.3, -0.25) is 9.59 Å². The molecule has 1 atom stereocenters. The molecule has 1 saturated heterocycles. The second-order valence-electron chi connectivity index (χ2n) is 4.02. The average molecular weight is 249 g/mol. The van der Waals surface area contributed by atoms with Gasteiger partial charge in [0, 0.05) is 13.0 Å². The molecule has 2 heterocycles. The number of thiophene rings is 1. The number of aryl methyl sites for hydroxylation is 1. The van der Waals surface area contributed by atoms with Crippen molar-refractivity contribution in [2.75, 3.05) is 11.4 Å². The third-order valence-corrected chi connectivity index (χ3v) is 3.96. The number of primary amides is 1. The van der Waals surface area contributed by atoms with Crippen molar-refractivity contribution in [1.29, 1.82) is 5.26 Å². The number of nitriles is 1. The maximum atomic E-state index is 11.8. The molecule has 1 fully saturated rings. The Labute approximate surface area is 102 Å². The zero-order valence-electron chi connectivity index (χ0n) is 9.27. The van der Waals surface area contributed by atoms with Crippen LogP contribution in [-0.2, 0) is 9.59 Å². The number of nitrogens with zero attached hydrogens (tertiary/aromatic N) is 2. The molecule has 6 heteroatoms. The normalized spacial score (nSPS) is 19.4. The molecule has 5 nitrogen and oxygen atoms in total. The Hall–Kier alpha value is -1.87. The molecule has 0 spiro atoms. The lowest BCUT2D eigenvalue weighted by Crippen LogP contribution is -2.28. The summed E-state index contributed by atoms with van der Waals surface area (Å²) in [5, 5.41) is 11.5. The number of carbonyl (C=O) groups excluding carboxylic acids is 2. The van der Waals surface area contributed by atoms with Crippen molar-refractivity contribution >= 4 is 28.2 Å². The second kappa shape index (κ2) is 4.18. The van der Waals surface area contributed by atoms with Gasteiger partial charge in [0.2, 0.25) is 11.8 Å². The van der Waals surface area contributed by atoms with E-state index in [0.29, 0.717) is 10.6 Å². The van der Waals surface area contributed by atoms with E-state index in [1.165, 1.54) is 16.2 Å². The molecule has 1 aliphatic heterocycles. The van der Waals surface area contributed by atoms with Gasteiger partial charge >= 0.3 is 0 Å². The summed E-state index contributed by atoms with van der Waals surface area (Å²) in [6.45, 7) is 2.10. The molecule has 0 aliphatic carbocycles. The van der Waals surface area contributed by atoms with Crippen LogP contribution in [0.2, 0.25) is 0 Å². The highest BCUT2D eigenvalue weighted by Crippen LogP contribution is 2.34. The molecule has 1 aromatic rings. The van der Waals surface area contributed by atoms with Crippen LogP contribution < -0.4 is 10.6 Å². The van der Waals surface area contributed by atoms with E-state index >= 15 is 0 Å². The molecule has 1 aromatic heterocycles. The number of hydrogen-bond acceptors (Lipinski definition) is 4. The molecule has 0 radical (unpaired) electrons. The molecule has 2 amide bonds. The summed E-state index contributed by atoms with van der Waals surface area (Å²) >= 11 is 1.35. The minimum atomic E-state index is -0.465. The maximum Gasteiger partial charge on any atom is 0.228 e. The molecule has 17 heavy (non-hydrogen) atoms. The zero-order chi connectivity index (χ0) is 12.6. The molecule has 88 valence electrons. The third kappa shape index (κ3) is 1.89. The fourth-order valence-corrected chi connectivity index (χ4v) is 2.89. The van der Waals surface area contributed by atoms with Gasteiger partial charge in [0.15, 0.2) is 0 Å². The summed E-state index contributed by atoms with van der Waals surface area (Å²) in [7, 11) is 0. The second-order valence-corrected chi connectivity index (χ2v) is 4.88. The number of nitrogens with two attached hydrogens (primary N) is 1. The van der Waals surface area contributed by atoms with Gasteiger partial charge in [-0.15, -0.1) is 11.3 Å². The summed E-state index contributed by atoms with van der Waals surface area (Å²) in [5.74, 6) is -1.06. The monoisotopic (exact) mass is 249 g/mol. The van der Waals surface area contributed by atoms with Crippen molar-refractivity contribution in [3.05, 3.63) is 16.5 Å². The summed E-state index contributed by atoms with van der Waals surface area (Å²) in [4.78, 5) is 24.3. The van der Waals surface area contributed by atoms with Crippen molar-refractivity contribution in [1.82, 2.24) is 0 Å². The van der Waals surface area contributed by atoms with E-state index in [9.17, 15) is 9.59 Å². The summed E-state index contributed by atoms with van der Waals surface area (Å²) in [5.41, 5.74) is 6.55. The Morgan fingerprint density at radius 2 is 2.41 bits per heavy atom. The lowest BCUT2D eigenvalue weighted by Gasteiger charge is -2.14. The average Bonchev–Trinajstić information content (AvgIpc) is 2.81. The largest absolute Gasteiger partial charge is 0.369 e. The molecule has 1 unspecified atom stereocenters. The minimum Gasteiger partial charge on any atom is -0.369 e. The first-order valence-corrected chi connectivity index (χ1v) is 6.00. The highest BCUT2D eigenvalue weighted by molar-refractivity contribution is 7.14. The lowest BCUT2D eigenvalue weighted by molar-refractivity contribution is -0.123. The molecular formula is C11H11N3O2S. The Bertz CT molecular complexity index is 529. The van der Waals surface area contributed by atoms with Crippen LogP contribution in [-0.4, -0.2) is 18.4 Å². The van der Waals surface area contributed by atoms with Crippen molar-refractivity contribution in [2.24, 2.45) is 11.7 Å². The zero-order valence-corrected chi connectivity index (χ0v) is 10.1. The van der Waals surface area contributed by atoms with Gasteiger partial charge in [0.1, 0.15) is 11.1 Å². The van der Waals surface area contributed by atoms with Crippen molar-refractivity contribution in [3.8, 4) is 6.07 Å². The first-order valence-electron chi connectivity index (χ1n) is 5.12. The molecule has 1 aliphatic rings. The summed E-state index contributed by atoms with van der Waals surface area (Å²) < 4.78 is 0. The van der Waals surface area contributed by atoms with E-state index in [1.54, 1.807) is 0 Å². The predicted octanol–water partition coefficient (Wildman–Crippen LogP) is 0.766. The van der Waals surface area contributed by atoms with Crippen LogP contribution in [0.3, 0.4) is 0 Å². The number of carbonyl (C=O) groups is 2. The SMILES string of the molecule is Cc1csc(N2CC(C(N)=O)CC2=O)c1C#N. The van der Waals surface area contributed by atoms with Crippen LogP contribution in [0.4, 0.5) is 5.00 Å². The van der Waals surface area contributed by atoms with E-state index in [2.05, 4.69) is 6.07 Å². The Morgan fingerprint density at radius 3 is 2.94 bits per heavy atom. The fourth-order valence-electron chi connectivity index (χ4n) is 1.86. The third-order valence-electron chi connectivity index (χ3n) is 2.84. The Morgan fingerprint density at radius 1 is 1.71 bits per heavy atom.